The average Bonchev–Trinajstić information content (AvgIpc) is 3.18. The van der Waals surface area contributed by atoms with Gasteiger partial charge in [0.05, 0.1) is 6.61 Å². The van der Waals surface area contributed by atoms with Gasteiger partial charge in [-0.3, -0.25) is 0 Å². The Hall–Kier alpha value is -0.570. The maximum Gasteiger partial charge on any atom is 0.0547 e. The number of ether oxygens (including phenoxy) is 1. The zero-order valence-corrected chi connectivity index (χ0v) is 12.6. The smallest absolute Gasteiger partial charge is 0.0547 e. The molecule has 1 fully saturated rings. The van der Waals surface area contributed by atoms with E-state index in [1.54, 1.807) is 0 Å². The molecule has 1 N–H and O–H groups in total. The molecule has 19 heavy (non-hydrogen) atoms. The predicted molar refractivity (Wildman–Crippen MR) is 80.9 cm³/mol. The zero-order chi connectivity index (χ0) is 13.7. The number of benzene rings is 1. The van der Waals surface area contributed by atoms with Gasteiger partial charge in [0.25, 0.3) is 0 Å². The highest BCUT2D eigenvalue weighted by atomic mass is 35.5. The first-order valence-corrected chi connectivity index (χ1v) is 7.59. The molecule has 1 aromatic carbocycles. The molecule has 1 aliphatic carbocycles. The second-order valence-electron chi connectivity index (χ2n) is 5.79. The number of hydrogen-bond donors (Lipinski definition) is 1. The first kappa shape index (κ1) is 14.8. The minimum atomic E-state index is 0.401. The van der Waals surface area contributed by atoms with Gasteiger partial charge in [0.2, 0.25) is 0 Å². The van der Waals surface area contributed by atoms with Crippen molar-refractivity contribution in [2.24, 2.45) is 5.92 Å². The standard InChI is InChI=1S/C16H24ClNO/c1-12(2)18-9-15(11-19-10-13-3-4-13)14-5-7-16(17)8-6-14/h5-8,12-13,15,18H,3-4,9-11H2,1-2H3. The Kier molecular flexibility index (Phi) is 5.68. The van der Waals surface area contributed by atoms with Gasteiger partial charge in [0.15, 0.2) is 0 Å². The van der Waals surface area contributed by atoms with Crippen LogP contribution in [-0.2, 0) is 4.74 Å². The molecular formula is C16H24ClNO. The first-order valence-electron chi connectivity index (χ1n) is 7.21. The molecule has 0 bridgehead atoms. The molecule has 0 aromatic heterocycles. The Labute approximate surface area is 121 Å². The average molecular weight is 282 g/mol. The van der Waals surface area contributed by atoms with Gasteiger partial charge >= 0.3 is 0 Å². The monoisotopic (exact) mass is 281 g/mol. The van der Waals surface area contributed by atoms with Crippen LogP contribution in [0.15, 0.2) is 24.3 Å². The lowest BCUT2D eigenvalue weighted by Gasteiger charge is -2.20. The van der Waals surface area contributed by atoms with Crippen LogP contribution in [0.3, 0.4) is 0 Å². The number of halogens is 1. The Bertz CT molecular complexity index is 373. The maximum absolute atomic E-state index is 5.95. The summed E-state index contributed by atoms with van der Waals surface area (Å²) in [7, 11) is 0. The highest BCUT2D eigenvalue weighted by molar-refractivity contribution is 6.30. The van der Waals surface area contributed by atoms with Crippen molar-refractivity contribution in [3.05, 3.63) is 34.9 Å². The Morgan fingerprint density at radius 1 is 1.26 bits per heavy atom. The molecule has 106 valence electrons. The van der Waals surface area contributed by atoms with Crippen molar-refractivity contribution in [2.45, 2.75) is 38.6 Å². The molecule has 0 radical (unpaired) electrons. The largest absolute Gasteiger partial charge is 0.380 e. The summed E-state index contributed by atoms with van der Waals surface area (Å²) in [6.45, 7) is 7.00. The number of hydrogen-bond acceptors (Lipinski definition) is 2. The van der Waals surface area contributed by atoms with Crippen molar-refractivity contribution in [1.82, 2.24) is 5.32 Å². The van der Waals surface area contributed by atoms with E-state index in [0.29, 0.717) is 12.0 Å². The van der Waals surface area contributed by atoms with E-state index >= 15 is 0 Å². The fraction of sp³-hybridized carbons (Fsp3) is 0.625. The summed E-state index contributed by atoms with van der Waals surface area (Å²) in [5.41, 5.74) is 1.30. The van der Waals surface area contributed by atoms with E-state index < -0.39 is 0 Å². The summed E-state index contributed by atoms with van der Waals surface area (Å²) in [4.78, 5) is 0. The van der Waals surface area contributed by atoms with Crippen LogP contribution in [0.5, 0.6) is 0 Å². The van der Waals surface area contributed by atoms with Crippen molar-refractivity contribution < 1.29 is 4.74 Å². The Morgan fingerprint density at radius 2 is 1.95 bits per heavy atom. The van der Waals surface area contributed by atoms with Crippen LogP contribution in [0.4, 0.5) is 0 Å². The van der Waals surface area contributed by atoms with Gasteiger partial charge in [-0.1, -0.05) is 37.6 Å². The topological polar surface area (TPSA) is 21.3 Å². The molecule has 1 atom stereocenters. The third kappa shape index (κ3) is 5.52. The van der Waals surface area contributed by atoms with E-state index in [1.165, 1.54) is 18.4 Å². The van der Waals surface area contributed by atoms with Crippen LogP contribution < -0.4 is 5.32 Å². The summed E-state index contributed by atoms with van der Waals surface area (Å²) in [5, 5.41) is 4.29. The molecule has 0 heterocycles. The van der Waals surface area contributed by atoms with Crippen molar-refractivity contribution in [2.75, 3.05) is 19.8 Å². The number of nitrogens with one attached hydrogen (secondary N) is 1. The second-order valence-corrected chi connectivity index (χ2v) is 6.23. The fourth-order valence-electron chi connectivity index (χ4n) is 2.05. The molecule has 1 aromatic rings. The minimum absolute atomic E-state index is 0.401. The first-order chi connectivity index (χ1) is 9.15. The second kappa shape index (κ2) is 7.28. The summed E-state index contributed by atoms with van der Waals surface area (Å²) in [5.74, 6) is 1.22. The molecule has 0 amide bonds. The van der Waals surface area contributed by atoms with Gasteiger partial charge in [-0.15, -0.1) is 0 Å². The van der Waals surface area contributed by atoms with E-state index in [1.807, 2.05) is 12.1 Å². The third-order valence-electron chi connectivity index (χ3n) is 3.48. The van der Waals surface area contributed by atoms with E-state index in [0.717, 1.165) is 30.7 Å². The van der Waals surface area contributed by atoms with E-state index in [-0.39, 0.29) is 0 Å². The normalized spacial score (nSPS) is 16.8. The molecule has 1 aliphatic rings. The Balaban J connectivity index is 1.88. The molecule has 1 saturated carbocycles. The van der Waals surface area contributed by atoms with Gasteiger partial charge in [-0.05, 0) is 36.5 Å². The van der Waals surface area contributed by atoms with Gasteiger partial charge < -0.3 is 10.1 Å². The molecule has 2 rings (SSSR count). The maximum atomic E-state index is 5.95. The lowest BCUT2D eigenvalue weighted by Crippen LogP contribution is -2.30. The van der Waals surface area contributed by atoms with Crippen LogP contribution in [0.25, 0.3) is 0 Å². The Morgan fingerprint density at radius 3 is 2.53 bits per heavy atom. The van der Waals surface area contributed by atoms with Crippen LogP contribution in [0, 0.1) is 5.92 Å². The SMILES string of the molecule is CC(C)NCC(COCC1CC1)c1ccc(Cl)cc1. The van der Waals surface area contributed by atoms with Gasteiger partial charge in [-0.2, -0.15) is 0 Å². The van der Waals surface area contributed by atoms with Crippen LogP contribution in [0.2, 0.25) is 5.02 Å². The zero-order valence-electron chi connectivity index (χ0n) is 11.9. The van der Waals surface area contributed by atoms with E-state index in [4.69, 9.17) is 16.3 Å². The lowest BCUT2D eigenvalue weighted by atomic mass is 10.00. The molecular weight excluding hydrogens is 258 g/mol. The predicted octanol–water partition coefficient (Wildman–Crippen LogP) is 3.85. The quantitative estimate of drug-likeness (QED) is 0.781. The highest BCUT2D eigenvalue weighted by Crippen LogP contribution is 2.29. The van der Waals surface area contributed by atoms with Crippen molar-refractivity contribution in [3.8, 4) is 0 Å². The van der Waals surface area contributed by atoms with Crippen LogP contribution in [-0.4, -0.2) is 25.8 Å². The molecule has 0 aliphatic heterocycles. The third-order valence-corrected chi connectivity index (χ3v) is 3.74. The van der Waals surface area contributed by atoms with Gasteiger partial charge in [0.1, 0.15) is 0 Å². The van der Waals surface area contributed by atoms with Crippen LogP contribution in [0.1, 0.15) is 38.2 Å². The van der Waals surface area contributed by atoms with Crippen molar-refractivity contribution >= 4 is 11.6 Å². The number of rotatable bonds is 8. The lowest BCUT2D eigenvalue weighted by molar-refractivity contribution is 0.110. The van der Waals surface area contributed by atoms with Crippen molar-refractivity contribution in [3.63, 3.8) is 0 Å². The molecule has 0 spiro atoms. The summed E-state index contributed by atoms with van der Waals surface area (Å²) in [6.07, 6.45) is 2.69. The molecule has 2 nitrogen and oxygen atoms in total. The van der Waals surface area contributed by atoms with E-state index in [2.05, 4.69) is 31.3 Å². The van der Waals surface area contributed by atoms with E-state index in [9.17, 15) is 0 Å². The van der Waals surface area contributed by atoms with Gasteiger partial charge in [-0.25, -0.2) is 0 Å². The summed E-state index contributed by atoms with van der Waals surface area (Å²) >= 11 is 5.95. The molecule has 0 saturated heterocycles. The van der Waals surface area contributed by atoms with Gasteiger partial charge in [0, 0.05) is 30.1 Å². The minimum Gasteiger partial charge on any atom is -0.380 e. The van der Waals surface area contributed by atoms with Crippen molar-refractivity contribution in [1.29, 1.82) is 0 Å². The summed E-state index contributed by atoms with van der Waals surface area (Å²) < 4.78 is 5.86. The molecule has 3 heteroatoms. The van der Waals surface area contributed by atoms with Crippen LogP contribution >= 0.6 is 11.6 Å². The highest BCUT2D eigenvalue weighted by Gasteiger charge is 2.22. The summed E-state index contributed by atoms with van der Waals surface area (Å²) in [6, 6.07) is 8.63. The molecule has 1 unspecified atom stereocenters. The fourth-order valence-corrected chi connectivity index (χ4v) is 2.17.